The lowest BCUT2D eigenvalue weighted by molar-refractivity contribution is -0.152. The van der Waals surface area contributed by atoms with Gasteiger partial charge in [0.15, 0.2) is 0 Å². The fourth-order valence-electron chi connectivity index (χ4n) is 2.33. The van der Waals surface area contributed by atoms with E-state index in [4.69, 9.17) is 5.11 Å². The summed E-state index contributed by atoms with van der Waals surface area (Å²) in [6.45, 7) is 2.47. The standard InChI is InChI=1S/C12H16NO3P/c1-2-17(16)11-5-3-4-8-7-13-10(12(14)15)6-9(8)11/h3-5,9-10,13H,2,6-7H2,1H3,(H,14,15). The van der Waals surface area contributed by atoms with E-state index in [1.807, 2.05) is 25.2 Å². The maximum absolute atomic E-state index is 12.0. The molecule has 1 fully saturated rings. The summed E-state index contributed by atoms with van der Waals surface area (Å²) in [7, 11) is -1.36. The molecule has 0 aromatic carbocycles. The van der Waals surface area contributed by atoms with Gasteiger partial charge in [0.1, 0.15) is 17.5 Å². The molecule has 0 spiro atoms. The van der Waals surface area contributed by atoms with Crippen LogP contribution in [-0.2, 0) is 4.79 Å². The first kappa shape index (κ1) is 12.5. The van der Waals surface area contributed by atoms with Crippen LogP contribution in [0.5, 0.6) is 0 Å². The van der Waals surface area contributed by atoms with Crippen LogP contribution in [0.4, 0.5) is 0 Å². The first-order chi connectivity index (χ1) is 8.13. The molecular formula is C12H16NO3P. The van der Waals surface area contributed by atoms with E-state index in [2.05, 4.69) is 5.32 Å². The number of nitrogens with one attached hydrogen (secondary N) is 1. The van der Waals surface area contributed by atoms with E-state index in [-0.39, 0.29) is 5.92 Å². The average Bonchev–Trinajstić information content (AvgIpc) is 2.36. The van der Waals surface area contributed by atoms with Gasteiger partial charge < -0.3 is 15.3 Å². The lowest BCUT2D eigenvalue weighted by Gasteiger charge is -2.31. The van der Waals surface area contributed by atoms with Crippen LogP contribution in [0.2, 0.25) is 0 Å². The summed E-state index contributed by atoms with van der Waals surface area (Å²) in [6.07, 6.45) is 6.91. The Kier molecular flexibility index (Phi) is 3.77. The molecule has 0 radical (unpaired) electrons. The third kappa shape index (κ3) is 2.49. The number of carboxylic acids is 1. The number of rotatable bonds is 2. The number of hydrogen-bond donors (Lipinski definition) is 2. The Bertz CT molecular complexity index is 425. The monoisotopic (exact) mass is 253 g/mol. The van der Waals surface area contributed by atoms with Crippen LogP contribution < -0.4 is 10.2 Å². The molecule has 3 unspecified atom stereocenters. The first-order valence-corrected chi connectivity index (χ1v) is 7.22. The fraction of sp³-hybridized carbons (Fsp3) is 0.500. The van der Waals surface area contributed by atoms with Crippen molar-refractivity contribution >= 4 is 19.0 Å². The molecule has 0 bridgehead atoms. The van der Waals surface area contributed by atoms with Gasteiger partial charge >= 0.3 is 5.97 Å². The molecule has 0 saturated carbocycles. The molecule has 2 rings (SSSR count). The second kappa shape index (κ2) is 5.13. The van der Waals surface area contributed by atoms with Crippen molar-refractivity contribution in [3.63, 3.8) is 0 Å². The molecule has 17 heavy (non-hydrogen) atoms. The summed E-state index contributed by atoms with van der Waals surface area (Å²) in [5.74, 6) is -0.782. The van der Waals surface area contributed by atoms with Gasteiger partial charge in [-0.1, -0.05) is 12.2 Å². The summed E-state index contributed by atoms with van der Waals surface area (Å²) in [4.78, 5) is 23.0. The second-order valence-corrected chi connectivity index (χ2v) is 6.19. The minimum atomic E-state index is -1.36. The number of carboxylic acid groups (broad SMARTS) is 1. The highest BCUT2D eigenvalue weighted by Crippen LogP contribution is 2.32. The van der Waals surface area contributed by atoms with Crippen molar-refractivity contribution in [1.82, 2.24) is 5.32 Å². The van der Waals surface area contributed by atoms with Gasteiger partial charge in [-0.3, -0.25) is 4.79 Å². The number of aliphatic carboxylic acids is 1. The molecule has 1 saturated heterocycles. The molecule has 5 heteroatoms. The normalized spacial score (nSPS) is 30.6. The SMILES string of the molecule is CC[P+]([O-])=C1C=CC=C2CNC(C(=O)O)CC21. The summed E-state index contributed by atoms with van der Waals surface area (Å²) in [5, 5.41) is 12.9. The van der Waals surface area contributed by atoms with Gasteiger partial charge in [-0.25, -0.2) is 0 Å². The molecule has 0 aromatic heterocycles. The number of piperidine rings is 1. The van der Waals surface area contributed by atoms with Crippen LogP contribution in [0.25, 0.3) is 0 Å². The van der Waals surface area contributed by atoms with E-state index in [1.165, 1.54) is 0 Å². The maximum atomic E-state index is 12.0. The summed E-state index contributed by atoms with van der Waals surface area (Å²) in [5.41, 5.74) is 1.15. The second-order valence-electron chi connectivity index (χ2n) is 4.28. The van der Waals surface area contributed by atoms with Crippen molar-refractivity contribution in [2.75, 3.05) is 12.7 Å². The molecule has 0 amide bonds. The van der Waals surface area contributed by atoms with Crippen molar-refractivity contribution in [2.45, 2.75) is 19.4 Å². The number of hydrogen-bond acceptors (Lipinski definition) is 3. The minimum Gasteiger partial charge on any atom is -0.630 e. The Labute approximate surface area is 102 Å². The zero-order valence-corrected chi connectivity index (χ0v) is 10.6. The van der Waals surface area contributed by atoms with E-state index in [0.717, 1.165) is 10.9 Å². The lowest BCUT2D eigenvalue weighted by atomic mass is 9.83. The van der Waals surface area contributed by atoms with Crippen molar-refractivity contribution in [3.05, 3.63) is 23.8 Å². The summed E-state index contributed by atoms with van der Waals surface area (Å²) < 4.78 is 0. The zero-order chi connectivity index (χ0) is 12.4. The first-order valence-electron chi connectivity index (χ1n) is 5.78. The van der Waals surface area contributed by atoms with Gasteiger partial charge in [-0.15, -0.1) is 0 Å². The van der Waals surface area contributed by atoms with Crippen LogP contribution in [0.15, 0.2) is 23.8 Å². The average molecular weight is 253 g/mol. The van der Waals surface area contributed by atoms with E-state index in [1.54, 1.807) is 0 Å². The molecule has 0 aromatic rings. The molecule has 1 aliphatic carbocycles. The Hall–Kier alpha value is -0.960. The van der Waals surface area contributed by atoms with Crippen molar-refractivity contribution < 1.29 is 14.8 Å². The van der Waals surface area contributed by atoms with E-state index < -0.39 is 19.8 Å². The van der Waals surface area contributed by atoms with Crippen LogP contribution in [0, 0.1) is 5.92 Å². The van der Waals surface area contributed by atoms with Crippen molar-refractivity contribution in [3.8, 4) is 0 Å². The van der Waals surface area contributed by atoms with Gasteiger partial charge in [0, 0.05) is 12.5 Å². The number of allylic oxidation sites excluding steroid dienone is 3. The topological polar surface area (TPSA) is 72.4 Å². The van der Waals surface area contributed by atoms with Gasteiger partial charge in [-0.2, -0.15) is 0 Å². The van der Waals surface area contributed by atoms with Crippen LogP contribution >= 0.6 is 7.77 Å². The van der Waals surface area contributed by atoms with Crippen molar-refractivity contribution in [1.29, 1.82) is 0 Å². The van der Waals surface area contributed by atoms with Gasteiger partial charge in [0.25, 0.3) is 0 Å². The largest absolute Gasteiger partial charge is 0.630 e. The minimum absolute atomic E-state index is 0.0471. The highest BCUT2D eigenvalue weighted by atomic mass is 31.1. The maximum Gasteiger partial charge on any atom is 0.320 e. The highest BCUT2D eigenvalue weighted by Gasteiger charge is 2.35. The molecule has 2 aliphatic rings. The van der Waals surface area contributed by atoms with Crippen LogP contribution in [-0.4, -0.2) is 35.1 Å². The third-order valence-electron chi connectivity index (χ3n) is 3.28. The van der Waals surface area contributed by atoms with Gasteiger partial charge in [-0.05, 0) is 25.0 Å². The fourth-order valence-corrected chi connectivity index (χ4v) is 3.57. The Morgan fingerprint density at radius 2 is 2.47 bits per heavy atom. The molecule has 3 atom stereocenters. The van der Waals surface area contributed by atoms with Crippen molar-refractivity contribution in [2.24, 2.45) is 5.92 Å². The molecule has 2 N–H and O–H groups in total. The summed E-state index contributed by atoms with van der Waals surface area (Å²) in [6, 6.07) is -0.529. The third-order valence-corrected chi connectivity index (χ3v) is 4.89. The molecule has 1 heterocycles. The van der Waals surface area contributed by atoms with E-state index in [0.29, 0.717) is 19.1 Å². The predicted octanol–water partition coefficient (Wildman–Crippen LogP) is 0.495. The summed E-state index contributed by atoms with van der Waals surface area (Å²) >= 11 is 0. The van der Waals surface area contributed by atoms with Gasteiger partial charge in [0.2, 0.25) is 0 Å². The molecule has 4 nitrogen and oxygen atoms in total. The zero-order valence-electron chi connectivity index (χ0n) is 9.72. The van der Waals surface area contributed by atoms with E-state index in [9.17, 15) is 9.69 Å². The highest BCUT2D eigenvalue weighted by molar-refractivity contribution is 7.52. The predicted molar refractivity (Wildman–Crippen MR) is 67.2 cm³/mol. The Morgan fingerprint density at radius 1 is 1.71 bits per heavy atom. The molecular weight excluding hydrogens is 237 g/mol. The lowest BCUT2D eigenvalue weighted by Crippen LogP contribution is -2.46. The quantitative estimate of drug-likeness (QED) is 0.703. The Balaban J connectivity index is 2.27. The molecule has 92 valence electrons. The molecule has 1 aliphatic heterocycles. The van der Waals surface area contributed by atoms with E-state index >= 15 is 0 Å². The smallest absolute Gasteiger partial charge is 0.320 e. The number of fused-ring (bicyclic) bond motifs is 1. The van der Waals surface area contributed by atoms with Crippen LogP contribution in [0.1, 0.15) is 13.3 Å². The van der Waals surface area contributed by atoms with Crippen LogP contribution in [0.3, 0.4) is 0 Å². The number of carbonyl (C=O) groups is 1. The van der Waals surface area contributed by atoms with Gasteiger partial charge in [0.05, 0.1) is 7.77 Å². The Morgan fingerprint density at radius 3 is 3.12 bits per heavy atom.